The second-order valence-corrected chi connectivity index (χ2v) is 5.05. The van der Waals surface area contributed by atoms with Crippen molar-refractivity contribution in [3.63, 3.8) is 0 Å². The number of nitrogens with zero attached hydrogens (tertiary/aromatic N) is 3. The molecular weight excluding hydrogens is 234 g/mol. The highest BCUT2D eigenvalue weighted by Crippen LogP contribution is 2.19. The Hall–Kier alpha value is -0.680. The van der Waals surface area contributed by atoms with E-state index in [1.165, 1.54) is 0 Å². The van der Waals surface area contributed by atoms with Crippen LogP contribution >= 0.6 is 23.1 Å². The molecule has 1 atom stereocenters. The average molecular weight is 246 g/mol. The molecule has 6 heteroatoms. The van der Waals surface area contributed by atoms with Crippen molar-refractivity contribution in [3.8, 4) is 0 Å². The van der Waals surface area contributed by atoms with E-state index in [1.807, 2.05) is 0 Å². The maximum Gasteiger partial charge on any atom is 0.267 e. The number of alkyl halides is 1. The van der Waals surface area contributed by atoms with Crippen LogP contribution in [0.3, 0.4) is 0 Å². The second kappa shape index (κ2) is 4.45. The van der Waals surface area contributed by atoms with Crippen LogP contribution in [0.1, 0.15) is 28.2 Å². The molecule has 1 aliphatic heterocycles. The van der Waals surface area contributed by atoms with E-state index in [1.54, 1.807) is 11.8 Å². The molecule has 1 aromatic rings. The fourth-order valence-electron chi connectivity index (χ4n) is 1.68. The topological polar surface area (TPSA) is 46.1 Å². The summed E-state index contributed by atoms with van der Waals surface area (Å²) < 4.78 is 3.77. The molecule has 0 saturated carbocycles. The summed E-state index contributed by atoms with van der Waals surface area (Å²) in [6.45, 7) is 3.23. The number of hydrogen-bond acceptors (Lipinski definition) is 4. The Morgan fingerprint density at radius 2 is 2.47 bits per heavy atom. The van der Waals surface area contributed by atoms with E-state index in [9.17, 15) is 4.79 Å². The first-order valence-corrected chi connectivity index (χ1v) is 6.12. The summed E-state index contributed by atoms with van der Waals surface area (Å²) in [5.41, 5.74) is 0.710. The van der Waals surface area contributed by atoms with E-state index in [4.69, 9.17) is 11.6 Å². The van der Waals surface area contributed by atoms with Crippen LogP contribution in [0.2, 0.25) is 0 Å². The first-order chi connectivity index (χ1) is 7.18. The Bertz CT molecular complexity index is 368. The predicted octanol–water partition coefficient (Wildman–Crippen LogP) is 1.69. The summed E-state index contributed by atoms with van der Waals surface area (Å²) in [7, 11) is 0. The van der Waals surface area contributed by atoms with Crippen molar-refractivity contribution in [1.29, 1.82) is 0 Å². The lowest BCUT2D eigenvalue weighted by Crippen LogP contribution is -2.40. The lowest BCUT2D eigenvalue weighted by atomic mass is 10.1. The van der Waals surface area contributed by atoms with Gasteiger partial charge < -0.3 is 4.90 Å². The molecule has 4 nitrogen and oxygen atoms in total. The highest BCUT2D eigenvalue weighted by atomic mass is 35.5. The molecule has 2 heterocycles. The van der Waals surface area contributed by atoms with Crippen LogP contribution in [0.5, 0.6) is 0 Å². The quantitative estimate of drug-likeness (QED) is 0.708. The van der Waals surface area contributed by atoms with Crippen molar-refractivity contribution in [2.24, 2.45) is 0 Å². The molecule has 1 saturated heterocycles. The normalized spacial score (nSPS) is 21.7. The fourth-order valence-corrected chi connectivity index (χ4v) is 2.63. The number of carbonyl (C=O) groups is 1. The average Bonchev–Trinajstić information content (AvgIpc) is 2.63. The molecule has 0 aromatic carbocycles. The van der Waals surface area contributed by atoms with Gasteiger partial charge in [-0.3, -0.25) is 4.79 Å². The van der Waals surface area contributed by atoms with Crippen molar-refractivity contribution in [2.45, 2.75) is 25.1 Å². The number of amides is 1. The molecule has 1 unspecified atom stereocenters. The minimum Gasteiger partial charge on any atom is -0.336 e. The number of aromatic nitrogens is 2. The minimum atomic E-state index is 0.0212. The smallest absolute Gasteiger partial charge is 0.267 e. The van der Waals surface area contributed by atoms with Crippen molar-refractivity contribution < 1.29 is 4.79 Å². The van der Waals surface area contributed by atoms with Crippen LogP contribution in [0, 0.1) is 6.92 Å². The number of likely N-dealkylation sites (tertiary alicyclic amines) is 1. The standard InChI is InChI=1S/C9H12ClN3OS/c1-6-8(15-12-11-6)9(14)13-4-2-3-7(10)5-13/h7H,2-5H2,1H3. The van der Waals surface area contributed by atoms with Crippen molar-refractivity contribution in [3.05, 3.63) is 10.6 Å². The lowest BCUT2D eigenvalue weighted by Gasteiger charge is -2.29. The maximum absolute atomic E-state index is 12.0. The van der Waals surface area contributed by atoms with Crippen molar-refractivity contribution >= 4 is 29.0 Å². The fraction of sp³-hybridized carbons (Fsp3) is 0.667. The molecule has 1 amide bonds. The highest BCUT2D eigenvalue weighted by molar-refractivity contribution is 7.07. The second-order valence-electron chi connectivity index (χ2n) is 3.68. The Balaban J connectivity index is 2.11. The summed E-state index contributed by atoms with van der Waals surface area (Å²) in [5, 5.41) is 3.93. The number of carbonyl (C=O) groups excluding carboxylic acids is 1. The van der Waals surface area contributed by atoms with Gasteiger partial charge in [0.15, 0.2) is 0 Å². The summed E-state index contributed by atoms with van der Waals surface area (Å²) in [5.74, 6) is 0.0212. The molecule has 2 rings (SSSR count). The van der Waals surface area contributed by atoms with Gasteiger partial charge in [-0.1, -0.05) is 4.49 Å². The zero-order valence-corrected chi connectivity index (χ0v) is 10.0. The first-order valence-electron chi connectivity index (χ1n) is 4.91. The maximum atomic E-state index is 12.0. The molecule has 82 valence electrons. The Labute approximate surface area is 97.4 Å². The van der Waals surface area contributed by atoms with Gasteiger partial charge in [0, 0.05) is 13.1 Å². The molecular formula is C9H12ClN3OS. The van der Waals surface area contributed by atoms with E-state index >= 15 is 0 Å². The van der Waals surface area contributed by atoms with Crippen molar-refractivity contribution in [2.75, 3.05) is 13.1 Å². The SMILES string of the molecule is Cc1nnsc1C(=O)N1CCCC(Cl)C1. The molecule has 0 bridgehead atoms. The first kappa shape index (κ1) is 10.8. The van der Waals surface area contributed by atoms with E-state index in [0.717, 1.165) is 30.9 Å². The lowest BCUT2D eigenvalue weighted by molar-refractivity contribution is 0.0731. The van der Waals surface area contributed by atoms with Crippen LogP contribution in [-0.4, -0.2) is 38.9 Å². The monoisotopic (exact) mass is 245 g/mol. The molecule has 0 spiro atoms. The van der Waals surface area contributed by atoms with Gasteiger partial charge >= 0.3 is 0 Å². The number of rotatable bonds is 1. The van der Waals surface area contributed by atoms with Gasteiger partial charge in [0.25, 0.3) is 5.91 Å². The van der Waals surface area contributed by atoms with Gasteiger partial charge in [0.2, 0.25) is 0 Å². The van der Waals surface area contributed by atoms with Gasteiger partial charge in [-0.05, 0) is 31.3 Å². The van der Waals surface area contributed by atoms with E-state index in [2.05, 4.69) is 9.59 Å². The zero-order chi connectivity index (χ0) is 10.8. The van der Waals surface area contributed by atoms with Crippen LogP contribution < -0.4 is 0 Å². The zero-order valence-electron chi connectivity index (χ0n) is 8.44. The minimum absolute atomic E-state index is 0.0212. The van der Waals surface area contributed by atoms with Gasteiger partial charge in [0.05, 0.1) is 11.1 Å². The van der Waals surface area contributed by atoms with Gasteiger partial charge in [-0.15, -0.1) is 16.7 Å². The van der Waals surface area contributed by atoms with E-state index in [0.29, 0.717) is 17.1 Å². The number of piperidine rings is 1. The largest absolute Gasteiger partial charge is 0.336 e. The summed E-state index contributed by atoms with van der Waals surface area (Å²) in [4.78, 5) is 14.5. The summed E-state index contributed by atoms with van der Waals surface area (Å²) >= 11 is 7.19. The van der Waals surface area contributed by atoms with Crippen LogP contribution in [0.25, 0.3) is 0 Å². The van der Waals surface area contributed by atoms with E-state index < -0.39 is 0 Å². The predicted molar refractivity (Wildman–Crippen MR) is 59.4 cm³/mol. The van der Waals surface area contributed by atoms with Gasteiger partial charge in [-0.25, -0.2) is 0 Å². The molecule has 1 aliphatic rings. The Morgan fingerprint density at radius 1 is 1.67 bits per heavy atom. The third-order valence-electron chi connectivity index (χ3n) is 2.50. The van der Waals surface area contributed by atoms with Crippen LogP contribution in [0.15, 0.2) is 0 Å². The molecule has 15 heavy (non-hydrogen) atoms. The van der Waals surface area contributed by atoms with Crippen LogP contribution in [-0.2, 0) is 0 Å². The summed E-state index contributed by atoms with van der Waals surface area (Å²) in [6, 6.07) is 0. The van der Waals surface area contributed by atoms with Crippen LogP contribution in [0.4, 0.5) is 0 Å². The number of halogens is 1. The Kier molecular flexibility index (Phi) is 3.21. The molecule has 0 aliphatic carbocycles. The van der Waals surface area contributed by atoms with Gasteiger partial charge in [0.1, 0.15) is 4.88 Å². The molecule has 0 N–H and O–H groups in total. The Morgan fingerprint density at radius 3 is 3.07 bits per heavy atom. The molecule has 0 radical (unpaired) electrons. The van der Waals surface area contributed by atoms with E-state index in [-0.39, 0.29) is 11.3 Å². The summed E-state index contributed by atoms with van der Waals surface area (Å²) in [6.07, 6.45) is 1.97. The molecule has 1 aromatic heterocycles. The van der Waals surface area contributed by atoms with Gasteiger partial charge in [-0.2, -0.15) is 0 Å². The van der Waals surface area contributed by atoms with Crippen molar-refractivity contribution in [1.82, 2.24) is 14.5 Å². The highest BCUT2D eigenvalue weighted by Gasteiger charge is 2.25. The number of hydrogen-bond donors (Lipinski definition) is 0. The molecule has 1 fully saturated rings. The number of aryl methyl sites for hydroxylation is 1. The third kappa shape index (κ3) is 2.29. The third-order valence-corrected chi connectivity index (χ3v) is 3.67.